The standard InChI is InChI=1S/C23H24N4O2/c1-13(9-20-15(3)26-21-12-18(28-4)6-7-19(20)21)25-23(24)27-17-5-8-22-16(11-17)10-14(2)29-22/h5-8,10-12,26H,1,9H2,2-4H3,(H3,24,25,27). The molecule has 0 fully saturated rings. The summed E-state index contributed by atoms with van der Waals surface area (Å²) in [6.07, 6.45) is 0.633. The van der Waals surface area contributed by atoms with Gasteiger partial charge in [0, 0.05) is 40.2 Å². The van der Waals surface area contributed by atoms with Crippen LogP contribution in [0.3, 0.4) is 0 Å². The van der Waals surface area contributed by atoms with Crippen LogP contribution in [0.5, 0.6) is 5.75 Å². The molecule has 0 saturated heterocycles. The van der Waals surface area contributed by atoms with Crippen molar-refractivity contribution in [2.24, 2.45) is 10.7 Å². The van der Waals surface area contributed by atoms with Gasteiger partial charge in [0.1, 0.15) is 17.1 Å². The average molecular weight is 388 g/mol. The smallest absolute Gasteiger partial charge is 0.198 e. The molecule has 29 heavy (non-hydrogen) atoms. The van der Waals surface area contributed by atoms with E-state index in [4.69, 9.17) is 14.9 Å². The van der Waals surface area contributed by atoms with Gasteiger partial charge in [-0.25, -0.2) is 4.99 Å². The minimum absolute atomic E-state index is 0.300. The van der Waals surface area contributed by atoms with Crippen molar-refractivity contribution in [1.29, 1.82) is 0 Å². The van der Waals surface area contributed by atoms with Crippen LogP contribution in [0, 0.1) is 13.8 Å². The molecule has 2 aromatic heterocycles. The van der Waals surface area contributed by atoms with Crippen molar-refractivity contribution < 1.29 is 9.15 Å². The van der Waals surface area contributed by atoms with Gasteiger partial charge in [-0.15, -0.1) is 0 Å². The summed E-state index contributed by atoms with van der Waals surface area (Å²) in [6, 6.07) is 13.7. The molecule has 0 spiro atoms. The number of aliphatic imine (C=N–C) groups is 1. The molecule has 0 aliphatic carbocycles. The highest BCUT2D eigenvalue weighted by Crippen LogP contribution is 2.27. The quantitative estimate of drug-likeness (QED) is 0.337. The Kier molecular flexibility index (Phi) is 4.76. The van der Waals surface area contributed by atoms with Gasteiger partial charge in [-0.1, -0.05) is 6.58 Å². The number of fused-ring (bicyclic) bond motifs is 2. The first-order valence-electron chi connectivity index (χ1n) is 9.37. The van der Waals surface area contributed by atoms with E-state index >= 15 is 0 Å². The molecule has 148 valence electrons. The van der Waals surface area contributed by atoms with E-state index < -0.39 is 0 Å². The number of allylic oxidation sites excluding steroid dienone is 1. The van der Waals surface area contributed by atoms with Crippen LogP contribution < -0.4 is 15.8 Å². The number of aromatic nitrogens is 1. The van der Waals surface area contributed by atoms with E-state index in [0.717, 1.165) is 50.5 Å². The summed E-state index contributed by atoms with van der Waals surface area (Å²) in [5.41, 5.74) is 11.8. The zero-order chi connectivity index (χ0) is 20.5. The van der Waals surface area contributed by atoms with Crippen molar-refractivity contribution in [3.05, 3.63) is 71.8 Å². The van der Waals surface area contributed by atoms with Gasteiger partial charge in [0.25, 0.3) is 0 Å². The fourth-order valence-electron chi connectivity index (χ4n) is 3.56. The van der Waals surface area contributed by atoms with Gasteiger partial charge in [-0.2, -0.15) is 0 Å². The Morgan fingerprint density at radius 1 is 1.21 bits per heavy atom. The third kappa shape index (κ3) is 3.82. The van der Waals surface area contributed by atoms with Crippen LogP contribution in [0.25, 0.3) is 21.9 Å². The van der Waals surface area contributed by atoms with E-state index in [1.54, 1.807) is 7.11 Å². The largest absolute Gasteiger partial charge is 0.497 e. The minimum atomic E-state index is 0.300. The first-order chi connectivity index (χ1) is 13.9. The molecule has 0 saturated carbocycles. The lowest BCUT2D eigenvalue weighted by Gasteiger charge is -2.09. The summed E-state index contributed by atoms with van der Waals surface area (Å²) in [5, 5.41) is 5.25. The number of methoxy groups -OCH3 is 1. The number of ether oxygens (including phenoxy) is 1. The van der Waals surface area contributed by atoms with E-state index in [1.807, 2.05) is 43.3 Å². The maximum Gasteiger partial charge on any atom is 0.198 e. The lowest BCUT2D eigenvalue weighted by atomic mass is 10.1. The predicted octanol–water partition coefficient (Wildman–Crippen LogP) is 4.83. The Bertz CT molecular complexity index is 1250. The zero-order valence-corrected chi connectivity index (χ0v) is 16.8. The Morgan fingerprint density at radius 3 is 2.83 bits per heavy atom. The van der Waals surface area contributed by atoms with Crippen LogP contribution in [0.1, 0.15) is 17.0 Å². The predicted molar refractivity (Wildman–Crippen MR) is 118 cm³/mol. The highest BCUT2D eigenvalue weighted by molar-refractivity contribution is 5.88. The number of nitrogens with one attached hydrogen (secondary N) is 2. The third-order valence-corrected chi connectivity index (χ3v) is 4.89. The zero-order valence-electron chi connectivity index (χ0n) is 16.8. The lowest BCUT2D eigenvalue weighted by Crippen LogP contribution is -2.31. The first-order valence-corrected chi connectivity index (χ1v) is 9.37. The highest BCUT2D eigenvalue weighted by Gasteiger charge is 2.11. The Morgan fingerprint density at radius 2 is 2.03 bits per heavy atom. The number of furan rings is 1. The number of guanidine groups is 1. The van der Waals surface area contributed by atoms with E-state index in [9.17, 15) is 0 Å². The molecule has 0 radical (unpaired) electrons. The number of aryl methyl sites for hydroxylation is 2. The van der Waals surface area contributed by atoms with Crippen molar-refractivity contribution in [3.8, 4) is 5.75 Å². The lowest BCUT2D eigenvalue weighted by molar-refractivity contribution is 0.415. The Labute approximate surface area is 169 Å². The molecule has 6 heteroatoms. The molecule has 0 atom stereocenters. The number of hydrogen-bond acceptors (Lipinski definition) is 3. The van der Waals surface area contributed by atoms with Gasteiger partial charge in [0.2, 0.25) is 0 Å². The van der Waals surface area contributed by atoms with E-state index in [-0.39, 0.29) is 0 Å². The maximum absolute atomic E-state index is 6.10. The summed E-state index contributed by atoms with van der Waals surface area (Å²) in [5.74, 6) is 1.99. The number of aromatic amines is 1. The van der Waals surface area contributed by atoms with Crippen LogP contribution in [0.15, 0.2) is 64.2 Å². The first kappa shape index (κ1) is 18.7. The molecule has 0 bridgehead atoms. The summed E-state index contributed by atoms with van der Waals surface area (Å²) in [6.45, 7) is 8.09. The second-order valence-electron chi connectivity index (χ2n) is 7.12. The summed E-state index contributed by atoms with van der Waals surface area (Å²) in [7, 11) is 1.66. The maximum atomic E-state index is 6.10. The van der Waals surface area contributed by atoms with Crippen LogP contribution >= 0.6 is 0 Å². The summed E-state index contributed by atoms with van der Waals surface area (Å²) in [4.78, 5) is 7.85. The Balaban J connectivity index is 1.50. The van der Waals surface area contributed by atoms with Crippen molar-refractivity contribution in [3.63, 3.8) is 0 Å². The molecule has 2 heterocycles. The topological polar surface area (TPSA) is 88.6 Å². The number of H-pyrrole nitrogens is 1. The fourth-order valence-corrected chi connectivity index (χ4v) is 3.56. The molecular formula is C23H24N4O2. The third-order valence-electron chi connectivity index (χ3n) is 4.89. The van der Waals surface area contributed by atoms with Gasteiger partial charge >= 0.3 is 0 Å². The molecule has 0 amide bonds. The Hall–Kier alpha value is -3.67. The van der Waals surface area contributed by atoms with Crippen molar-refractivity contribution in [2.75, 3.05) is 7.11 Å². The van der Waals surface area contributed by atoms with Crippen LogP contribution in [0.4, 0.5) is 5.69 Å². The average Bonchev–Trinajstić information content (AvgIpc) is 3.19. The number of nitrogens with zero attached hydrogens (tertiary/aromatic N) is 1. The normalized spacial score (nSPS) is 11.9. The van der Waals surface area contributed by atoms with Crippen LogP contribution in [0.2, 0.25) is 0 Å². The molecule has 4 N–H and O–H groups in total. The van der Waals surface area contributed by atoms with Gasteiger partial charge in [-0.3, -0.25) is 0 Å². The summed E-state index contributed by atoms with van der Waals surface area (Å²) < 4.78 is 10.9. The second-order valence-corrected chi connectivity index (χ2v) is 7.12. The van der Waals surface area contributed by atoms with E-state index in [1.165, 1.54) is 5.56 Å². The number of rotatable bonds is 5. The molecule has 4 rings (SSSR count). The van der Waals surface area contributed by atoms with Crippen molar-refractivity contribution >= 4 is 33.5 Å². The monoisotopic (exact) mass is 388 g/mol. The van der Waals surface area contributed by atoms with Crippen LogP contribution in [-0.4, -0.2) is 18.1 Å². The van der Waals surface area contributed by atoms with Crippen molar-refractivity contribution in [1.82, 2.24) is 10.3 Å². The number of benzene rings is 2. The molecule has 6 nitrogen and oxygen atoms in total. The van der Waals surface area contributed by atoms with E-state index in [0.29, 0.717) is 12.4 Å². The molecule has 2 aromatic carbocycles. The van der Waals surface area contributed by atoms with Crippen LogP contribution in [-0.2, 0) is 6.42 Å². The molecular weight excluding hydrogens is 364 g/mol. The molecule has 0 aliphatic rings. The van der Waals surface area contributed by atoms with E-state index in [2.05, 4.69) is 34.9 Å². The van der Waals surface area contributed by atoms with Gasteiger partial charge in [0.05, 0.1) is 12.8 Å². The van der Waals surface area contributed by atoms with Gasteiger partial charge < -0.3 is 25.2 Å². The SMILES string of the molecule is C=C(Cc1c(C)[nH]c2cc(OC)ccc12)NC(N)=Nc1ccc2oc(C)cc2c1. The second kappa shape index (κ2) is 7.39. The number of nitrogens with two attached hydrogens (primary N) is 1. The molecule has 4 aromatic rings. The molecule has 0 unspecified atom stereocenters. The minimum Gasteiger partial charge on any atom is -0.497 e. The van der Waals surface area contributed by atoms with Crippen molar-refractivity contribution in [2.45, 2.75) is 20.3 Å². The van der Waals surface area contributed by atoms with Gasteiger partial charge in [0.15, 0.2) is 5.96 Å². The summed E-state index contributed by atoms with van der Waals surface area (Å²) >= 11 is 0. The molecule has 0 aliphatic heterocycles. The highest BCUT2D eigenvalue weighted by atomic mass is 16.5. The fraction of sp³-hybridized carbons (Fsp3) is 0.174. The van der Waals surface area contributed by atoms with Gasteiger partial charge in [-0.05, 0) is 55.8 Å². The number of hydrogen-bond donors (Lipinski definition) is 3.